The van der Waals surface area contributed by atoms with E-state index in [0.29, 0.717) is 6.42 Å². The number of hydrogen-bond acceptors (Lipinski definition) is 3. The van der Waals surface area contributed by atoms with Crippen LogP contribution >= 0.6 is 11.6 Å². The summed E-state index contributed by atoms with van der Waals surface area (Å²) in [4.78, 5) is 10.9. The first-order chi connectivity index (χ1) is 8.82. The van der Waals surface area contributed by atoms with Crippen LogP contribution in [0, 0.1) is 12.8 Å². The van der Waals surface area contributed by atoms with E-state index in [-0.39, 0.29) is 23.0 Å². The fourth-order valence-electron chi connectivity index (χ4n) is 2.10. The Morgan fingerprint density at radius 2 is 2.16 bits per heavy atom. The van der Waals surface area contributed by atoms with Crippen molar-refractivity contribution >= 4 is 27.6 Å². The Kier molecular flexibility index (Phi) is 3.85. The molecule has 1 aromatic rings. The van der Waals surface area contributed by atoms with Crippen LogP contribution < -0.4 is 0 Å². The van der Waals surface area contributed by atoms with Crippen molar-refractivity contribution < 1.29 is 18.3 Å². The minimum atomic E-state index is -3.71. The highest BCUT2D eigenvalue weighted by Crippen LogP contribution is 2.29. The molecule has 1 N–H and O–H groups in total. The van der Waals surface area contributed by atoms with Gasteiger partial charge in [0.2, 0.25) is 10.0 Å². The average Bonchev–Trinajstić information content (AvgIpc) is 2.78. The Morgan fingerprint density at radius 3 is 2.68 bits per heavy atom. The van der Waals surface area contributed by atoms with E-state index in [4.69, 9.17) is 16.7 Å². The molecule has 0 spiro atoms. The Morgan fingerprint density at radius 1 is 1.47 bits per heavy atom. The molecular formula is C12H14ClNO4S. The summed E-state index contributed by atoms with van der Waals surface area (Å²) in [5, 5.41) is 9.08. The van der Waals surface area contributed by atoms with Crippen LogP contribution in [0.15, 0.2) is 23.1 Å². The molecule has 2 rings (SSSR count). The normalized spacial score (nSPS) is 20.6. The van der Waals surface area contributed by atoms with Crippen molar-refractivity contribution in [1.29, 1.82) is 0 Å². The molecule has 0 aliphatic carbocycles. The molecule has 1 saturated heterocycles. The van der Waals surface area contributed by atoms with Gasteiger partial charge in [0.15, 0.2) is 0 Å². The number of nitrogens with zero attached hydrogens (tertiary/aromatic N) is 1. The number of carboxylic acids is 1. The summed E-state index contributed by atoms with van der Waals surface area (Å²) in [6, 6.07) is 4.71. The first-order valence-corrected chi connectivity index (χ1v) is 7.63. The van der Waals surface area contributed by atoms with Crippen LogP contribution in [0.25, 0.3) is 0 Å². The second kappa shape index (κ2) is 5.11. The van der Waals surface area contributed by atoms with E-state index in [1.807, 2.05) is 6.92 Å². The fraction of sp³-hybridized carbons (Fsp3) is 0.417. The third-order valence-electron chi connectivity index (χ3n) is 3.21. The van der Waals surface area contributed by atoms with Crippen LogP contribution in [0.1, 0.15) is 12.0 Å². The maximum absolute atomic E-state index is 12.4. The molecule has 0 saturated carbocycles. The lowest BCUT2D eigenvalue weighted by atomic mass is 10.1. The molecule has 0 bridgehead atoms. The van der Waals surface area contributed by atoms with Gasteiger partial charge in [-0.05, 0) is 31.0 Å². The lowest BCUT2D eigenvalue weighted by Gasteiger charge is -2.17. The highest BCUT2D eigenvalue weighted by atomic mass is 35.5. The zero-order valence-corrected chi connectivity index (χ0v) is 11.9. The van der Waals surface area contributed by atoms with Gasteiger partial charge in [-0.3, -0.25) is 4.79 Å². The molecule has 0 unspecified atom stereocenters. The largest absolute Gasteiger partial charge is 0.481 e. The molecule has 1 aliphatic rings. The van der Waals surface area contributed by atoms with Crippen LogP contribution in [0.2, 0.25) is 5.02 Å². The van der Waals surface area contributed by atoms with Gasteiger partial charge >= 0.3 is 5.97 Å². The molecule has 1 heterocycles. The summed E-state index contributed by atoms with van der Waals surface area (Å²) in [5.41, 5.74) is 0.869. The van der Waals surface area contributed by atoms with Crippen LogP contribution in [-0.2, 0) is 14.8 Å². The van der Waals surface area contributed by atoms with E-state index in [1.54, 1.807) is 12.1 Å². The summed E-state index contributed by atoms with van der Waals surface area (Å²) in [5.74, 6) is -1.60. The van der Waals surface area contributed by atoms with Gasteiger partial charge in [-0.25, -0.2) is 8.42 Å². The van der Waals surface area contributed by atoms with Crippen molar-refractivity contribution in [3.8, 4) is 0 Å². The first-order valence-electron chi connectivity index (χ1n) is 5.81. The molecule has 5 nitrogen and oxygen atoms in total. The number of aryl methyl sites for hydroxylation is 1. The second-order valence-electron chi connectivity index (χ2n) is 4.62. The van der Waals surface area contributed by atoms with Gasteiger partial charge < -0.3 is 5.11 Å². The number of rotatable bonds is 3. The molecule has 104 valence electrons. The monoisotopic (exact) mass is 303 g/mol. The van der Waals surface area contributed by atoms with E-state index in [9.17, 15) is 13.2 Å². The quantitative estimate of drug-likeness (QED) is 0.923. The van der Waals surface area contributed by atoms with Crippen LogP contribution in [0.4, 0.5) is 0 Å². The maximum atomic E-state index is 12.4. The van der Waals surface area contributed by atoms with Crippen LogP contribution in [0.3, 0.4) is 0 Å². The number of halogens is 1. The third-order valence-corrected chi connectivity index (χ3v) is 5.55. The predicted octanol–water partition coefficient (Wildman–Crippen LogP) is 1.74. The van der Waals surface area contributed by atoms with E-state index >= 15 is 0 Å². The standard InChI is InChI=1S/C12H14ClNO4S/c1-8-2-3-11(10(13)6-8)19(17,18)14-5-4-9(7-14)12(15)16/h2-3,6,9H,4-5,7H2,1H3,(H,15,16)/t9-/m1/s1. The third kappa shape index (κ3) is 2.75. The van der Waals surface area contributed by atoms with Crippen molar-refractivity contribution in [2.75, 3.05) is 13.1 Å². The first kappa shape index (κ1) is 14.3. The summed E-state index contributed by atoms with van der Waals surface area (Å²) in [6.45, 7) is 2.03. The molecular weight excluding hydrogens is 290 g/mol. The SMILES string of the molecule is Cc1ccc(S(=O)(=O)N2CC[C@@H](C(=O)O)C2)c(Cl)c1. The second-order valence-corrected chi connectivity index (χ2v) is 6.93. The van der Waals surface area contributed by atoms with E-state index < -0.39 is 21.9 Å². The molecule has 0 radical (unpaired) electrons. The summed E-state index contributed by atoms with van der Waals surface area (Å²) >= 11 is 5.97. The number of benzene rings is 1. The maximum Gasteiger partial charge on any atom is 0.307 e. The van der Waals surface area contributed by atoms with Crippen molar-refractivity contribution in [1.82, 2.24) is 4.31 Å². The molecule has 0 amide bonds. The van der Waals surface area contributed by atoms with Crippen molar-refractivity contribution in [2.24, 2.45) is 5.92 Å². The summed E-state index contributed by atoms with van der Waals surface area (Å²) < 4.78 is 25.9. The molecule has 1 aliphatic heterocycles. The van der Waals surface area contributed by atoms with Gasteiger partial charge in [0.1, 0.15) is 4.90 Å². The lowest BCUT2D eigenvalue weighted by Crippen LogP contribution is -2.30. The van der Waals surface area contributed by atoms with Gasteiger partial charge in [-0.2, -0.15) is 4.31 Å². The number of sulfonamides is 1. The Bertz CT molecular complexity index is 614. The Balaban J connectivity index is 2.31. The van der Waals surface area contributed by atoms with Crippen LogP contribution in [-0.4, -0.2) is 36.9 Å². The highest BCUT2D eigenvalue weighted by molar-refractivity contribution is 7.89. The van der Waals surface area contributed by atoms with E-state index in [2.05, 4.69) is 0 Å². The molecule has 0 aromatic heterocycles. The molecule has 1 aromatic carbocycles. The van der Waals surface area contributed by atoms with Gasteiger partial charge in [0.05, 0.1) is 10.9 Å². The number of carboxylic acid groups (broad SMARTS) is 1. The average molecular weight is 304 g/mol. The summed E-state index contributed by atoms with van der Waals surface area (Å²) in [6.07, 6.45) is 0.331. The zero-order chi connectivity index (χ0) is 14.2. The van der Waals surface area contributed by atoms with Crippen molar-refractivity contribution in [2.45, 2.75) is 18.2 Å². The van der Waals surface area contributed by atoms with E-state index in [0.717, 1.165) is 5.56 Å². The smallest absolute Gasteiger partial charge is 0.307 e. The van der Waals surface area contributed by atoms with Crippen molar-refractivity contribution in [3.63, 3.8) is 0 Å². The summed E-state index contributed by atoms with van der Waals surface area (Å²) in [7, 11) is -3.71. The fourth-order valence-corrected chi connectivity index (χ4v) is 4.18. The Labute approximate surface area is 116 Å². The molecule has 19 heavy (non-hydrogen) atoms. The lowest BCUT2D eigenvalue weighted by molar-refractivity contribution is -0.141. The van der Waals surface area contributed by atoms with Gasteiger partial charge in [-0.15, -0.1) is 0 Å². The van der Waals surface area contributed by atoms with E-state index in [1.165, 1.54) is 10.4 Å². The zero-order valence-electron chi connectivity index (χ0n) is 10.3. The minimum absolute atomic E-state index is 0.00186. The highest BCUT2D eigenvalue weighted by Gasteiger charge is 2.36. The van der Waals surface area contributed by atoms with Gasteiger partial charge in [0, 0.05) is 13.1 Å². The number of hydrogen-bond donors (Lipinski definition) is 1. The number of aliphatic carboxylic acids is 1. The molecule has 1 fully saturated rings. The van der Waals surface area contributed by atoms with Gasteiger partial charge in [0.25, 0.3) is 0 Å². The van der Waals surface area contributed by atoms with Gasteiger partial charge in [-0.1, -0.05) is 17.7 Å². The molecule has 1 atom stereocenters. The predicted molar refractivity (Wildman–Crippen MR) is 70.7 cm³/mol. The van der Waals surface area contributed by atoms with Crippen molar-refractivity contribution in [3.05, 3.63) is 28.8 Å². The minimum Gasteiger partial charge on any atom is -0.481 e. The topological polar surface area (TPSA) is 74.7 Å². The Hall–Kier alpha value is -1.11. The van der Waals surface area contributed by atoms with Crippen LogP contribution in [0.5, 0.6) is 0 Å². The molecule has 7 heteroatoms. The number of carbonyl (C=O) groups is 1.